The van der Waals surface area contributed by atoms with E-state index in [1.807, 2.05) is 0 Å². The zero-order valence-corrected chi connectivity index (χ0v) is 13.9. The molecule has 0 aromatic heterocycles. The van der Waals surface area contributed by atoms with Gasteiger partial charge in [-0.25, -0.2) is 0 Å². The lowest BCUT2D eigenvalue weighted by Gasteiger charge is -2.16. The predicted molar refractivity (Wildman–Crippen MR) is 95.7 cm³/mol. The predicted octanol–water partition coefficient (Wildman–Crippen LogP) is 2.51. The van der Waals surface area contributed by atoms with Gasteiger partial charge in [0.1, 0.15) is 24.7 Å². The van der Waals surface area contributed by atoms with E-state index in [0.29, 0.717) is 28.2 Å². The molecule has 0 fully saturated rings. The summed E-state index contributed by atoms with van der Waals surface area (Å²) in [5.74, 6) is 5.06. The van der Waals surface area contributed by atoms with Crippen LogP contribution in [0, 0.1) is 24.7 Å². The summed E-state index contributed by atoms with van der Waals surface area (Å²) in [5, 5.41) is 0. The molecule has 0 aliphatic carbocycles. The number of carbonyl (C=O) groups excluding carboxylic acids is 2. The van der Waals surface area contributed by atoms with E-state index in [2.05, 4.69) is 11.8 Å². The topological polar surface area (TPSA) is 55.8 Å². The first-order chi connectivity index (χ1) is 12.6. The molecule has 2 aromatic rings. The number of amides is 2. The Morgan fingerprint density at radius 1 is 0.846 bits per heavy atom. The molecule has 3 rings (SSSR count). The lowest BCUT2D eigenvalue weighted by Crippen LogP contribution is -2.29. The summed E-state index contributed by atoms with van der Waals surface area (Å²) in [7, 11) is 0. The van der Waals surface area contributed by atoms with Gasteiger partial charge in [0.15, 0.2) is 0 Å². The van der Waals surface area contributed by atoms with Gasteiger partial charge in [0.05, 0.1) is 17.7 Å². The fraction of sp³-hybridized carbons (Fsp3) is 0.143. The van der Waals surface area contributed by atoms with Gasteiger partial charge in [0.25, 0.3) is 11.8 Å². The van der Waals surface area contributed by atoms with Crippen LogP contribution in [0.4, 0.5) is 0 Å². The summed E-state index contributed by atoms with van der Waals surface area (Å²) < 4.78 is 10.9. The van der Waals surface area contributed by atoms with Crippen molar-refractivity contribution in [3.05, 3.63) is 59.2 Å². The normalized spacial score (nSPS) is 12.3. The van der Waals surface area contributed by atoms with Crippen LogP contribution in [0.15, 0.2) is 42.5 Å². The number of ether oxygens (including phenoxy) is 2. The molecule has 0 spiro atoms. The van der Waals surface area contributed by atoms with E-state index in [1.165, 1.54) is 4.90 Å². The van der Waals surface area contributed by atoms with Crippen LogP contribution in [0.2, 0.25) is 0 Å². The summed E-state index contributed by atoms with van der Waals surface area (Å²) >= 11 is 0. The van der Waals surface area contributed by atoms with Crippen LogP contribution < -0.4 is 9.47 Å². The van der Waals surface area contributed by atoms with Gasteiger partial charge in [0, 0.05) is 6.07 Å². The fourth-order valence-electron chi connectivity index (χ4n) is 2.70. The Kier molecular flexibility index (Phi) is 4.92. The maximum atomic E-state index is 12.5. The van der Waals surface area contributed by atoms with Crippen molar-refractivity contribution in [2.75, 3.05) is 13.2 Å². The van der Waals surface area contributed by atoms with Gasteiger partial charge >= 0.3 is 0 Å². The van der Waals surface area contributed by atoms with Crippen LogP contribution in [-0.4, -0.2) is 29.9 Å². The highest BCUT2D eigenvalue weighted by Gasteiger charge is 2.35. The van der Waals surface area contributed by atoms with Crippen LogP contribution in [-0.2, 0) is 6.54 Å². The summed E-state index contributed by atoms with van der Waals surface area (Å²) in [6, 6.07) is 11.8. The third kappa shape index (κ3) is 3.38. The lowest BCUT2D eigenvalue weighted by molar-refractivity contribution is 0.0642. The van der Waals surface area contributed by atoms with Gasteiger partial charge < -0.3 is 9.47 Å². The third-order valence-corrected chi connectivity index (χ3v) is 3.80. The number of imide groups is 1. The minimum Gasteiger partial charge on any atom is -0.481 e. The molecule has 2 amide bonds. The first-order valence-corrected chi connectivity index (χ1v) is 7.85. The Labute approximate surface area is 151 Å². The zero-order valence-electron chi connectivity index (χ0n) is 13.9. The van der Waals surface area contributed by atoms with Crippen molar-refractivity contribution < 1.29 is 19.1 Å². The molecule has 0 atom stereocenters. The molecule has 0 N–H and O–H groups in total. The van der Waals surface area contributed by atoms with Gasteiger partial charge in [0.2, 0.25) is 0 Å². The number of terminal acetylenes is 2. The Morgan fingerprint density at radius 3 is 1.81 bits per heavy atom. The largest absolute Gasteiger partial charge is 0.481 e. The van der Waals surface area contributed by atoms with Crippen LogP contribution >= 0.6 is 0 Å². The number of nitrogens with zero attached hydrogens (tertiary/aromatic N) is 1. The van der Waals surface area contributed by atoms with E-state index in [-0.39, 0.29) is 31.6 Å². The smallest absolute Gasteiger partial charge is 0.261 e. The summed E-state index contributed by atoms with van der Waals surface area (Å²) in [4.78, 5) is 26.2. The molecule has 1 aliphatic rings. The van der Waals surface area contributed by atoms with Gasteiger partial charge in [-0.1, -0.05) is 24.0 Å². The highest BCUT2D eigenvalue weighted by atomic mass is 16.5. The molecular weight excluding hydrogens is 330 g/mol. The van der Waals surface area contributed by atoms with Crippen LogP contribution in [0.1, 0.15) is 26.3 Å². The van der Waals surface area contributed by atoms with Gasteiger partial charge in [-0.15, -0.1) is 12.8 Å². The van der Waals surface area contributed by atoms with E-state index in [1.54, 1.807) is 42.5 Å². The molecule has 0 saturated carbocycles. The standard InChI is InChI=1S/C21H15NO4/c1-3-9-25-16-11-15(12-17(13-16)26-10-4-2)14-22-20(23)18-7-5-6-8-19(18)21(22)24/h1-2,5-8,11-13H,9-10,14H2. The first-order valence-electron chi connectivity index (χ1n) is 7.85. The minimum atomic E-state index is -0.327. The Balaban J connectivity index is 1.87. The van der Waals surface area contributed by atoms with Crippen LogP contribution in [0.25, 0.3) is 0 Å². The Hall–Kier alpha value is -3.70. The number of carbonyl (C=O) groups is 2. The van der Waals surface area contributed by atoms with Crippen molar-refractivity contribution in [2.24, 2.45) is 0 Å². The van der Waals surface area contributed by atoms with Crippen molar-refractivity contribution >= 4 is 11.8 Å². The molecular formula is C21H15NO4. The summed E-state index contributed by atoms with van der Waals surface area (Å²) in [5.41, 5.74) is 1.48. The van der Waals surface area contributed by atoms with Crippen molar-refractivity contribution in [3.63, 3.8) is 0 Å². The highest BCUT2D eigenvalue weighted by molar-refractivity contribution is 6.21. The minimum absolute atomic E-state index is 0.0883. The van der Waals surface area contributed by atoms with E-state index in [9.17, 15) is 9.59 Å². The molecule has 0 radical (unpaired) electrons. The number of hydrogen-bond donors (Lipinski definition) is 0. The average Bonchev–Trinajstić information content (AvgIpc) is 2.90. The fourth-order valence-corrected chi connectivity index (χ4v) is 2.70. The third-order valence-electron chi connectivity index (χ3n) is 3.80. The molecule has 0 unspecified atom stereocenters. The molecule has 128 valence electrons. The average molecular weight is 345 g/mol. The maximum absolute atomic E-state index is 12.5. The van der Waals surface area contributed by atoms with Crippen molar-refractivity contribution in [2.45, 2.75) is 6.54 Å². The molecule has 26 heavy (non-hydrogen) atoms. The number of hydrogen-bond acceptors (Lipinski definition) is 4. The number of fused-ring (bicyclic) bond motifs is 1. The second kappa shape index (κ2) is 7.46. The molecule has 1 aliphatic heterocycles. The van der Waals surface area contributed by atoms with Crippen molar-refractivity contribution in [1.29, 1.82) is 0 Å². The second-order valence-electron chi connectivity index (χ2n) is 5.54. The van der Waals surface area contributed by atoms with E-state index in [4.69, 9.17) is 22.3 Å². The van der Waals surface area contributed by atoms with Gasteiger partial charge in [-0.05, 0) is 29.8 Å². The number of rotatable bonds is 6. The Morgan fingerprint density at radius 2 is 1.35 bits per heavy atom. The van der Waals surface area contributed by atoms with E-state index >= 15 is 0 Å². The van der Waals surface area contributed by atoms with E-state index in [0.717, 1.165) is 0 Å². The van der Waals surface area contributed by atoms with Crippen LogP contribution in [0.3, 0.4) is 0 Å². The highest BCUT2D eigenvalue weighted by Crippen LogP contribution is 2.28. The van der Waals surface area contributed by atoms with Gasteiger partial charge in [-0.2, -0.15) is 0 Å². The monoisotopic (exact) mass is 345 g/mol. The molecule has 0 bridgehead atoms. The molecule has 1 heterocycles. The molecule has 5 heteroatoms. The second-order valence-corrected chi connectivity index (χ2v) is 5.54. The van der Waals surface area contributed by atoms with Crippen molar-refractivity contribution in [1.82, 2.24) is 4.90 Å². The maximum Gasteiger partial charge on any atom is 0.261 e. The first kappa shape index (κ1) is 17.1. The van der Waals surface area contributed by atoms with Gasteiger partial charge in [-0.3, -0.25) is 14.5 Å². The van der Waals surface area contributed by atoms with Crippen molar-refractivity contribution in [3.8, 4) is 36.2 Å². The quantitative estimate of drug-likeness (QED) is 0.596. The molecule has 0 saturated heterocycles. The van der Waals surface area contributed by atoms with E-state index < -0.39 is 0 Å². The molecule has 5 nitrogen and oxygen atoms in total. The SMILES string of the molecule is C#CCOc1cc(CN2C(=O)c3ccccc3C2=O)cc(OCC#C)c1. The zero-order chi connectivity index (χ0) is 18.5. The Bertz CT molecular complexity index is 878. The summed E-state index contributed by atoms with van der Waals surface area (Å²) in [6.07, 6.45) is 10.4. The number of benzene rings is 2. The van der Waals surface area contributed by atoms with Crippen LogP contribution in [0.5, 0.6) is 11.5 Å². The summed E-state index contributed by atoms with van der Waals surface area (Å²) in [6.45, 7) is 0.266. The lowest BCUT2D eigenvalue weighted by atomic mass is 10.1. The molecule has 2 aromatic carbocycles.